The Morgan fingerprint density at radius 1 is 1.32 bits per heavy atom. The Morgan fingerprint density at radius 3 is 2.59 bits per heavy atom. The summed E-state index contributed by atoms with van der Waals surface area (Å²) in [6.45, 7) is 7.59. The number of nitrogens with zero attached hydrogens (tertiary/aromatic N) is 3. The number of benzene rings is 1. The Balaban J connectivity index is 0.000000479. The molecule has 1 unspecified atom stereocenters. The molecule has 12 heteroatoms. The molecule has 37 heavy (non-hydrogen) atoms. The fraction of sp³-hybridized carbons (Fsp3) is 0.400. The fourth-order valence-corrected chi connectivity index (χ4v) is 4.03. The molecule has 4 N–H and O–H groups in total. The van der Waals surface area contributed by atoms with E-state index in [2.05, 4.69) is 27.1 Å². The van der Waals surface area contributed by atoms with Crippen molar-refractivity contribution in [3.63, 3.8) is 0 Å². The van der Waals surface area contributed by atoms with E-state index in [1.807, 2.05) is 44.2 Å². The summed E-state index contributed by atoms with van der Waals surface area (Å²) in [5, 5.41) is 32.0. The standard InChI is InChI=1S/C23H28N6O.C2HF3O2/c1-3-30-19-8-6-18(7-9-19)28-23-16(2)22(26-15-17-5-4-11-25-14-17)20(13-24)21-10-12-27-29(21)23;3-2(4,5)1(6)7/h6-10,12,17,25-26,28H,3-5,11,14-15H2,1-2H3;(H,6,7). The van der Waals surface area contributed by atoms with Gasteiger partial charge in [-0.05, 0) is 76.0 Å². The second-order valence-corrected chi connectivity index (χ2v) is 8.44. The number of pyridine rings is 1. The summed E-state index contributed by atoms with van der Waals surface area (Å²) in [7, 11) is 0. The summed E-state index contributed by atoms with van der Waals surface area (Å²) in [5.74, 6) is -0.504. The minimum atomic E-state index is -5.08. The van der Waals surface area contributed by atoms with Crippen LogP contribution in [0.2, 0.25) is 0 Å². The van der Waals surface area contributed by atoms with E-state index in [0.717, 1.165) is 53.7 Å². The summed E-state index contributed by atoms with van der Waals surface area (Å²) in [6, 6.07) is 12.1. The summed E-state index contributed by atoms with van der Waals surface area (Å²) in [4.78, 5) is 8.90. The number of alkyl halides is 3. The van der Waals surface area contributed by atoms with Gasteiger partial charge in [0.05, 0.1) is 24.0 Å². The topological polar surface area (TPSA) is 124 Å². The molecule has 0 amide bonds. The van der Waals surface area contributed by atoms with Crippen LogP contribution in [0.3, 0.4) is 0 Å². The number of halogens is 3. The average Bonchev–Trinajstić information content (AvgIpc) is 3.36. The third-order valence-corrected chi connectivity index (χ3v) is 5.84. The summed E-state index contributed by atoms with van der Waals surface area (Å²) in [6.07, 6.45) is -0.955. The Morgan fingerprint density at radius 2 is 2.03 bits per heavy atom. The highest BCUT2D eigenvalue weighted by Crippen LogP contribution is 2.33. The lowest BCUT2D eigenvalue weighted by atomic mass is 9.99. The molecule has 3 aromatic rings. The number of nitrogens with one attached hydrogen (secondary N) is 3. The molecule has 0 bridgehead atoms. The zero-order valence-corrected chi connectivity index (χ0v) is 20.5. The first-order chi connectivity index (χ1) is 17.7. The van der Waals surface area contributed by atoms with E-state index in [9.17, 15) is 18.4 Å². The number of piperidine rings is 1. The molecule has 0 saturated carbocycles. The lowest BCUT2D eigenvalue weighted by Gasteiger charge is -2.25. The Bertz CT molecular complexity index is 1250. The molecule has 1 aromatic carbocycles. The molecule has 0 spiro atoms. The van der Waals surface area contributed by atoms with E-state index in [0.29, 0.717) is 18.1 Å². The van der Waals surface area contributed by atoms with Gasteiger partial charge in [-0.25, -0.2) is 9.31 Å². The Labute approximate surface area is 212 Å². The van der Waals surface area contributed by atoms with Crippen molar-refractivity contribution < 1.29 is 27.8 Å². The number of aromatic nitrogens is 2. The molecule has 1 saturated heterocycles. The molecule has 1 aliphatic heterocycles. The zero-order valence-electron chi connectivity index (χ0n) is 20.5. The van der Waals surface area contributed by atoms with Gasteiger partial charge in [0.2, 0.25) is 0 Å². The van der Waals surface area contributed by atoms with E-state index in [4.69, 9.17) is 14.6 Å². The highest BCUT2D eigenvalue weighted by Gasteiger charge is 2.38. The number of carboxylic acids is 1. The van der Waals surface area contributed by atoms with E-state index < -0.39 is 12.1 Å². The second kappa shape index (κ2) is 12.3. The molecule has 4 rings (SSSR count). The first-order valence-corrected chi connectivity index (χ1v) is 11.8. The maximum absolute atomic E-state index is 10.6. The van der Waals surface area contributed by atoms with Crippen LogP contribution in [0.25, 0.3) is 5.52 Å². The minimum Gasteiger partial charge on any atom is -0.494 e. The van der Waals surface area contributed by atoms with E-state index in [1.54, 1.807) is 10.7 Å². The van der Waals surface area contributed by atoms with Crippen molar-refractivity contribution in [1.82, 2.24) is 14.9 Å². The van der Waals surface area contributed by atoms with Gasteiger partial charge >= 0.3 is 12.1 Å². The lowest BCUT2D eigenvalue weighted by molar-refractivity contribution is -0.192. The molecule has 3 heterocycles. The third kappa shape index (κ3) is 7.04. The van der Waals surface area contributed by atoms with Gasteiger partial charge in [-0.15, -0.1) is 0 Å². The third-order valence-electron chi connectivity index (χ3n) is 5.84. The van der Waals surface area contributed by atoms with Gasteiger partial charge < -0.3 is 25.8 Å². The van der Waals surface area contributed by atoms with E-state index >= 15 is 0 Å². The Hall–Kier alpha value is -3.98. The largest absolute Gasteiger partial charge is 0.494 e. The molecule has 1 aliphatic rings. The van der Waals surface area contributed by atoms with E-state index in [-0.39, 0.29) is 0 Å². The quantitative estimate of drug-likeness (QED) is 0.355. The number of hydrogen-bond donors (Lipinski definition) is 4. The number of hydrogen-bond acceptors (Lipinski definition) is 7. The average molecular weight is 519 g/mol. The zero-order chi connectivity index (χ0) is 27.0. The van der Waals surface area contributed by atoms with Crippen molar-refractivity contribution in [2.45, 2.75) is 32.9 Å². The monoisotopic (exact) mass is 518 g/mol. The van der Waals surface area contributed by atoms with Crippen LogP contribution in [0.1, 0.15) is 30.9 Å². The van der Waals surface area contributed by atoms with Crippen molar-refractivity contribution in [3.8, 4) is 11.8 Å². The first kappa shape index (κ1) is 27.6. The number of carboxylic acid groups (broad SMARTS) is 1. The Kier molecular flexibility index (Phi) is 9.19. The SMILES string of the molecule is CCOc1ccc(Nc2c(C)c(NCC3CCCNC3)c(C#N)c3ccnn23)cc1.O=C(O)C(F)(F)F. The van der Waals surface area contributed by atoms with Gasteiger partial charge in [-0.1, -0.05) is 0 Å². The molecule has 9 nitrogen and oxygen atoms in total. The number of ether oxygens (including phenoxy) is 1. The second-order valence-electron chi connectivity index (χ2n) is 8.44. The number of aliphatic carboxylic acids is 1. The molecule has 198 valence electrons. The van der Waals surface area contributed by atoms with Crippen LogP contribution in [0, 0.1) is 24.2 Å². The van der Waals surface area contributed by atoms with Crippen LogP contribution in [-0.4, -0.2) is 53.1 Å². The molecule has 2 aromatic heterocycles. The van der Waals surface area contributed by atoms with Crippen LogP contribution in [0.4, 0.5) is 30.4 Å². The highest BCUT2D eigenvalue weighted by atomic mass is 19.4. The van der Waals surface area contributed by atoms with Crippen LogP contribution in [0.15, 0.2) is 36.5 Å². The van der Waals surface area contributed by atoms with Crippen molar-refractivity contribution in [3.05, 3.63) is 47.7 Å². The van der Waals surface area contributed by atoms with Gasteiger partial charge in [0.25, 0.3) is 0 Å². The number of carbonyl (C=O) groups is 1. The van der Waals surface area contributed by atoms with Crippen molar-refractivity contribution in [2.24, 2.45) is 5.92 Å². The van der Waals surface area contributed by atoms with Gasteiger partial charge in [-0.2, -0.15) is 23.5 Å². The first-order valence-electron chi connectivity index (χ1n) is 11.8. The normalized spacial score (nSPS) is 15.3. The molecule has 1 atom stereocenters. The summed E-state index contributed by atoms with van der Waals surface area (Å²) in [5.41, 5.74) is 4.21. The molecule has 0 aliphatic carbocycles. The number of nitriles is 1. The van der Waals surface area contributed by atoms with Gasteiger partial charge in [0.1, 0.15) is 23.2 Å². The summed E-state index contributed by atoms with van der Waals surface area (Å²) >= 11 is 0. The maximum Gasteiger partial charge on any atom is 0.490 e. The smallest absolute Gasteiger partial charge is 0.490 e. The van der Waals surface area contributed by atoms with E-state index in [1.165, 1.54) is 12.8 Å². The number of fused-ring (bicyclic) bond motifs is 1. The number of anilines is 3. The predicted octanol–water partition coefficient (Wildman–Crippen LogP) is 4.70. The minimum absolute atomic E-state index is 0.563. The van der Waals surface area contributed by atoms with Crippen LogP contribution in [0.5, 0.6) is 5.75 Å². The van der Waals surface area contributed by atoms with Crippen molar-refractivity contribution in [2.75, 3.05) is 36.9 Å². The molecular formula is C25H29F3N6O3. The van der Waals surface area contributed by atoms with Gasteiger partial charge in [0, 0.05) is 17.8 Å². The van der Waals surface area contributed by atoms with Crippen LogP contribution >= 0.6 is 0 Å². The van der Waals surface area contributed by atoms with Crippen LogP contribution in [-0.2, 0) is 4.79 Å². The predicted molar refractivity (Wildman–Crippen MR) is 133 cm³/mol. The summed E-state index contributed by atoms with van der Waals surface area (Å²) < 4.78 is 39.1. The number of rotatable bonds is 7. The molecular weight excluding hydrogens is 489 g/mol. The van der Waals surface area contributed by atoms with Crippen molar-refractivity contribution in [1.29, 1.82) is 5.26 Å². The fourth-order valence-electron chi connectivity index (χ4n) is 4.03. The highest BCUT2D eigenvalue weighted by molar-refractivity contribution is 5.82. The maximum atomic E-state index is 10.6. The van der Waals surface area contributed by atoms with Crippen LogP contribution < -0.4 is 20.7 Å². The molecule has 0 radical (unpaired) electrons. The lowest BCUT2D eigenvalue weighted by Crippen LogP contribution is -2.33. The van der Waals surface area contributed by atoms with Crippen molar-refractivity contribution >= 4 is 28.7 Å². The van der Waals surface area contributed by atoms with Gasteiger partial charge in [-0.3, -0.25) is 0 Å². The molecule has 1 fully saturated rings. The van der Waals surface area contributed by atoms with Gasteiger partial charge in [0.15, 0.2) is 0 Å².